The molecule has 0 aliphatic carbocycles. The molecule has 0 spiro atoms. The summed E-state index contributed by atoms with van der Waals surface area (Å²) in [6, 6.07) is 16.3. The Morgan fingerprint density at radius 2 is 1.86 bits per heavy atom. The van der Waals surface area contributed by atoms with E-state index in [0.29, 0.717) is 15.9 Å². The van der Waals surface area contributed by atoms with Gasteiger partial charge in [0.2, 0.25) is 5.91 Å². The maximum atomic E-state index is 13.1. The van der Waals surface area contributed by atoms with Gasteiger partial charge in [-0.1, -0.05) is 42.5 Å². The lowest BCUT2D eigenvalue weighted by molar-refractivity contribution is -0.116. The molecule has 0 aliphatic heterocycles. The Morgan fingerprint density at radius 1 is 1.14 bits per heavy atom. The predicted octanol–water partition coefficient (Wildman–Crippen LogP) is 4.17. The number of phenols is 1. The summed E-state index contributed by atoms with van der Waals surface area (Å²) >= 11 is 1.49. The molecular weight excluding hydrogens is 386 g/mol. The third-order valence-corrected chi connectivity index (χ3v) is 5.69. The molecule has 2 heterocycles. The highest BCUT2D eigenvalue weighted by atomic mass is 32.1. The molecule has 4 rings (SSSR count). The number of amides is 1. The van der Waals surface area contributed by atoms with Crippen LogP contribution >= 0.6 is 11.3 Å². The summed E-state index contributed by atoms with van der Waals surface area (Å²) in [6.07, 6.45) is 1.58. The highest BCUT2D eigenvalue weighted by Crippen LogP contribution is 2.35. The van der Waals surface area contributed by atoms with Crippen molar-refractivity contribution in [2.24, 2.45) is 0 Å². The normalized spacial score (nSPS) is 10.9. The van der Waals surface area contributed by atoms with Gasteiger partial charge >= 0.3 is 0 Å². The van der Waals surface area contributed by atoms with E-state index in [4.69, 9.17) is 0 Å². The van der Waals surface area contributed by atoms with Crippen LogP contribution in [0.5, 0.6) is 5.75 Å². The summed E-state index contributed by atoms with van der Waals surface area (Å²) in [4.78, 5) is 31.5. The molecule has 29 heavy (non-hydrogen) atoms. The number of fused-ring (bicyclic) bond motifs is 1. The Morgan fingerprint density at radius 3 is 2.62 bits per heavy atom. The molecule has 0 unspecified atom stereocenters. The number of carbonyl (C=O) groups excluding carboxylic acids is 1. The maximum absolute atomic E-state index is 13.1. The van der Waals surface area contributed by atoms with Crippen molar-refractivity contribution in [3.05, 3.63) is 76.2 Å². The molecule has 2 aromatic carbocycles. The third kappa shape index (κ3) is 3.77. The monoisotopic (exact) mass is 405 g/mol. The minimum absolute atomic E-state index is 0.00218. The van der Waals surface area contributed by atoms with E-state index in [1.807, 2.05) is 37.3 Å². The fourth-order valence-electron chi connectivity index (χ4n) is 3.26. The number of rotatable bonds is 5. The number of hydrogen-bond donors (Lipinski definition) is 2. The van der Waals surface area contributed by atoms with E-state index >= 15 is 0 Å². The number of thiophene rings is 1. The molecule has 0 aliphatic rings. The van der Waals surface area contributed by atoms with Gasteiger partial charge in [0.25, 0.3) is 5.56 Å². The largest absolute Gasteiger partial charge is 0.506 e. The molecule has 0 saturated carbocycles. The van der Waals surface area contributed by atoms with E-state index in [0.717, 1.165) is 16.0 Å². The highest BCUT2D eigenvalue weighted by molar-refractivity contribution is 7.19. The zero-order valence-electron chi connectivity index (χ0n) is 15.8. The molecule has 0 saturated heterocycles. The van der Waals surface area contributed by atoms with Crippen LogP contribution in [0.15, 0.2) is 65.7 Å². The molecule has 6 nitrogen and oxygen atoms in total. The first kappa shape index (κ1) is 18.9. The summed E-state index contributed by atoms with van der Waals surface area (Å²) in [5, 5.41) is 13.0. The van der Waals surface area contributed by atoms with Crippen molar-refractivity contribution in [1.29, 1.82) is 0 Å². The molecule has 7 heteroatoms. The average molecular weight is 405 g/mol. The summed E-state index contributed by atoms with van der Waals surface area (Å²) in [5.41, 5.74) is 2.06. The van der Waals surface area contributed by atoms with Crippen LogP contribution in [0.25, 0.3) is 21.3 Å². The molecule has 0 radical (unpaired) electrons. The van der Waals surface area contributed by atoms with Crippen LogP contribution in [0.3, 0.4) is 0 Å². The van der Waals surface area contributed by atoms with Gasteiger partial charge in [-0.15, -0.1) is 11.3 Å². The number of aryl methyl sites for hydroxylation is 2. The number of nitrogens with zero attached hydrogens (tertiary/aromatic N) is 2. The number of nitrogens with one attached hydrogen (secondary N) is 1. The van der Waals surface area contributed by atoms with Gasteiger partial charge < -0.3 is 10.4 Å². The standard InChI is InChI=1S/C22H19N3O3S/c1-14-19(15-7-3-2-4-8-15)20-21(29-14)23-13-25(22(20)28)12-11-18(27)24-16-9-5-6-10-17(16)26/h2-10,13,26H,11-12H2,1H3,(H,24,27). The molecule has 0 fully saturated rings. The van der Waals surface area contributed by atoms with E-state index in [-0.39, 0.29) is 30.2 Å². The fraction of sp³-hybridized carbons (Fsp3) is 0.136. The van der Waals surface area contributed by atoms with E-state index in [1.165, 1.54) is 28.3 Å². The number of phenolic OH excluding ortho intramolecular Hbond substituents is 1. The number of para-hydroxylation sites is 2. The van der Waals surface area contributed by atoms with Gasteiger partial charge in [-0.25, -0.2) is 4.98 Å². The minimum Gasteiger partial charge on any atom is -0.506 e. The second kappa shape index (κ2) is 7.89. The zero-order valence-corrected chi connectivity index (χ0v) is 16.6. The van der Waals surface area contributed by atoms with Crippen molar-refractivity contribution in [3.63, 3.8) is 0 Å². The summed E-state index contributed by atoms with van der Waals surface area (Å²) in [5.74, 6) is -0.286. The number of anilines is 1. The number of aromatic nitrogens is 2. The summed E-state index contributed by atoms with van der Waals surface area (Å²) in [7, 11) is 0. The lowest BCUT2D eigenvalue weighted by Crippen LogP contribution is -2.23. The second-order valence-electron chi connectivity index (χ2n) is 6.64. The van der Waals surface area contributed by atoms with E-state index < -0.39 is 0 Å². The second-order valence-corrected chi connectivity index (χ2v) is 7.84. The molecular formula is C22H19N3O3S. The van der Waals surface area contributed by atoms with Crippen molar-refractivity contribution < 1.29 is 9.90 Å². The predicted molar refractivity (Wildman–Crippen MR) is 115 cm³/mol. The molecule has 0 bridgehead atoms. The van der Waals surface area contributed by atoms with Gasteiger partial charge in [0.15, 0.2) is 0 Å². The fourth-order valence-corrected chi connectivity index (χ4v) is 4.27. The van der Waals surface area contributed by atoms with E-state index in [1.54, 1.807) is 18.2 Å². The van der Waals surface area contributed by atoms with Crippen LogP contribution in [-0.4, -0.2) is 20.6 Å². The molecule has 0 atom stereocenters. The molecule has 4 aromatic rings. The Labute approximate surface area is 171 Å². The Bertz CT molecular complexity index is 1250. The molecule has 2 N–H and O–H groups in total. The lowest BCUT2D eigenvalue weighted by atomic mass is 10.0. The maximum Gasteiger partial charge on any atom is 0.262 e. The van der Waals surface area contributed by atoms with Crippen LogP contribution in [0.4, 0.5) is 5.69 Å². The molecule has 146 valence electrons. The highest BCUT2D eigenvalue weighted by Gasteiger charge is 2.17. The lowest BCUT2D eigenvalue weighted by Gasteiger charge is -2.09. The number of aromatic hydroxyl groups is 1. The smallest absolute Gasteiger partial charge is 0.262 e. The zero-order chi connectivity index (χ0) is 20.4. The first-order valence-electron chi connectivity index (χ1n) is 9.16. The van der Waals surface area contributed by atoms with Gasteiger partial charge in [0, 0.05) is 23.4 Å². The van der Waals surface area contributed by atoms with Crippen molar-refractivity contribution >= 4 is 33.1 Å². The Balaban J connectivity index is 1.60. The molecule has 1 amide bonds. The number of carbonyl (C=O) groups is 1. The quantitative estimate of drug-likeness (QED) is 0.488. The van der Waals surface area contributed by atoms with Crippen LogP contribution < -0.4 is 10.9 Å². The van der Waals surface area contributed by atoms with E-state index in [2.05, 4.69) is 10.3 Å². The topological polar surface area (TPSA) is 84.2 Å². The van der Waals surface area contributed by atoms with E-state index in [9.17, 15) is 14.7 Å². The van der Waals surface area contributed by atoms with Gasteiger partial charge in [-0.05, 0) is 24.6 Å². The van der Waals surface area contributed by atoms with Gasteiger partial charge in [-0.2, -0.15) is 0 Å². The van der Waals surface area contributed by atoms with Gasteiger partial charge in [0.05, 0.1) is 17.4 Å². The van der Waals surface area contributed by atoms with Crippen molar-refractivity contribution in [3.8, 4) is 16.9 Å². The Kier molecular flexibility index (Phi) is 5.14. The third-order valence-electron chi connectivity index (χ3n) is 4.68. The summed E-state index contributed by atoms with van der Waals surface area (Å²) in [6.45, 7) is 2.18. The van der Waals surface area contributed by atoms with Crippen LogP contribution in [0.1, 0.15) is 11.3 Å². The first-order chi connectivity index (χ1) is 14.0. The van der Waals surface area contributed by atoms with Gasteiger partial charge in [0.1, 0.15) is 10.6 Å². The van der Waals surface area contributed by atoms with Crippen LogP contribution in [0, 0.1) is 6.92 Å². The first-order valence-corrected chi connectivity index (χ1v) is 9.98. The Hall–Kier alpha value is -3.45. The minimum atomic E-state index is -0.289. The molecule has 2 aromatic heterocycles. The van der Waals surface area contributed by atoms with Crippen molar-refractivity contribution in [2.45, 2.75) is 19.9 Å². The number of benzene rings is 2. The number of hydrogen-bond acceptors (Lipinski definition) is 5. The summed E-state index contributed by atoms with van der Waals surface area (Å²) < 4.78 is 1.46. The van der Waals surface area contributed by atoms with Crippen LogP contribution in [-0.2, 0) is 11.3 Å². The SMILES string of the molecule is Cc1sc2ncn(CCC(=O)Nc3ccccc3O)c(=O)c2c1-c1ccccc1. The van der Waals surface area contributed by atoms with Crippen molar-refractivity contribution in [2.75, 3.05) is 5.32 Å². The van der Waals surface area contributed by atoms with Crippen LogP contribution in [0.2, 0.25) is 0 Å². The average Bonchev–Trinajstić information content (AvgIpc) is 3.06. The van der Waals surface area contributed by atoms with Gasteiger partial charge in [-0.3, -0.25) is 14.2 Å². The van der Waals surface area contributed by atoms with Crippen molar-refractivity contribution in [1.82, 2.24) is 9.55 Å².